The standard InChI is InChI=1S/C13H24N2O3/c1-6-8-10(11(16)17)14-12(18)15(9-7-2)13(3,4)5/h7,10H,2,6,8-9H2,1,3-5H3,(H,14,18)(H,16,17)/t10-/m1/s1. The van der Waals surface area contributed by atoms with Crippen LogP contribution in [0.4, 0.5) is 4.79 Å². The Morgan fingerprint density at radius 2 is 2.00 bits per heavy atom. The first-order valence-corrected chi connectivity index (χ1v) is 6.15. The summed E-state index contributed by atoms with van der Waals surface area (Å²) >= 11 is 0. The van der Waals surface area contributed by atoms with Crippen LogP contribution >= 0.6 is 0 Å². The molecule has 0 bridgehead atoms. The summed E-state index contributed by atoms with van der Waals surface area (Å²) in [6.07, 6.45) is 2.75. The van der Waals surface area contributed by atoms with Crippen LogP contribution in [0.5, 0.6) is 0 Å². The SMILES string of the molecule is C=CCN(C(=O)N[C@H](CCC)C(=O)O)C(C)(C)C. The maximum absolute atomic E-state index is 12.1. The first-order chi connectivity index (χ1) is 8.23. The van der Waals surface area contributed by atoms with E-state index in [4.69, 9.17) is 5.11 Å². The molecule has 0 saturated heterocycles. The molecular formula is C13H24N2O3. The van der Waals surface area contributed by atoms with E-state index in [0.717, 1.165) is 0 Å². The highest BCUT2D eigenvalue weighted by Crippen LogP contribution is 2.13. The minimum atomic E-state index is -1.00. The molecule has 104 valence electrons. The number of urea groups is 1. The minimum absolute atomic E-state index is 0.372. The zero-order chi connectivity index (χ0) is 14.3. The predicted molar refractivity (Wildman–Crippen MR) is 71.5 cm³/mol. The highest BCUT2D eigenvalue weighted by atomic mass is 16.4. The Labute approximate surface area is 109 Å². The lowest BCUT2D eigenvalue weighted by molar-refractivity contribution is -0.139. The highest BCUT2D eigenvalue weighted by molar-refractivity contribution is 5.83. The topological polar surface area (TPSA) is 69.6 Å². The molecule has 0 rings (SSSR count). The van der Waals surface area contributed by atoms with Crippen LogP contribution in [0.25, 0.3) is 0 Å². The van der Waals surface area contributed by atoms with Gasteiger partial charge in [-0.15, -0.1) is 6.58 Å². The van der Waals surface area contributed by atoms with E-state index in [1.807, 2.05) is 27.7 Å². The van der Waals surface area contributed by atoms with Crippen molar-refractivity contribution in [1.82, 2.24) is 10.2 Å². The fourth-order valence-corrected chi connectivity index (χ4v) is 1.56. The molecule has 0 saturated carbocycles. The molecule has 0 spiro atoms. The number of amides is 2. The van der Waals surface area contributed by atoms with Gasteiger partial charge in [0.2, 0.25) is 0 Å². The van der Waals surface area contributed by atoms with Gasteiger partial charge in [-0.2, -0.15) is 0 Å². The normalized spacial score (nSPS) is 12.7. The maximum Gasteiger partial charge on any atom is 0.326 e. The van der Waals surface area contributed by atoms with Crippen LogP contribution < -0.4 is 5.32 Å². The number of aliphatic carboxylic acids is 1. The van der Waals surface area contributed by atoms with Crippen molar-refractivity contribution in [3.63, 3.8) is 0 Å². The zero-order valence-corrected chi connectivity index (χ0v) is 11.7. The Bertz CT molecular complexity index is 308. The number of hydrogen-bond acceptors (Lipinski definition) is 2. The lowest BCUT2D eigenvalue weighted by Gasteiger charge is -2.35. The van der Waals surface area contributed by atoms with Crippen molar-refractivity contribution in [3.8, 4) is 0 Å². The number of carbonyl (C=O) groups excluding carboxylic acids is 1. The van der Waals surface area contributed by atoms with E-state index in [-0.39, 0.29) is 11.6 Å². The molecular weight excluding hydrogens is 232 g/mol. The van der Waals surface area contributed by atoms with Crippen LogP contribution in [0.15, 0.2) is 12.7 Å². The van der Waals surface area contributed by atoms with Gasteiger partial charge >= 0.3 is 12.0 Å². The third-order valence-corrected chi connectivity index (χ3v) is 2.54. The van der Waals surface area contributed by atoms with E-state index < -0.39 is 12.0 Å². The quantitative estimate of drug-likeness (QED) is 0.716. The Morgan fingerprint density at radius 1 is 1.44 bits per heavy atom. The molecule has 0 radical (unpaired) electrons. The number of nitrogens with zero attached hydrogens (tertiary/aromatic N) is 1. The number of carboxylic acids is 1. The Kier molecular flexibility index (Phi) is 6.44. The molecule has 0 aliphatic rings. The van der Waals surface area contributed by atoms with E-state index in [1.165, 1.54) is 0 Å². The van der Waals surface area contributed by atoms with E-state index >= 15 is 0 Å². The Balaban J connectivity index is 4.77. The van der Waals surface area contributed by atoms with Gasteiger partial charge < -0.3 is 15.3 Å². The zero-order valence-electron chi connectivity index (χ0n) is 11.7. The second kappa shape index (κ2) is 7.03. The first-order valence-electron chi connectivity index (χ1n) is 6.15. The van der Waals surface area contributed by atoms with Crippen molar-refractivity contribution in [1.29, 1.82) is 0 Å². The molecule has 5 heteroatoms. The number of carboxylic acid groups (broad SMARTS) is 1. The molecule has 2 N–H and O–H groups in total. The first kappa shape index (κ1) is 16.5. The molecule has 0 aromatic heterocycles. The van der Waals surface area contributed by atoms with Crippen molar-refractivity contribution in [2.45, 2.75) is 52.1 Å². The predicted octanol–water partition coefficient (Wildman–Crippen LogP) is 2.24. The van der Waals surface area contributed by atoms with Gasteiger partial charge in [-0.3, -0.25) is 0 Å². The molecule has 0 aliphatic carbocycles. The summed E-state index contributed by atoms with van der Waals surface area (Å²) in [6, 6.07) is -1.21. The molecule has 0 aliphatic heterocycles. The summed E-state index contributed by atoms with van der Waals surface area (Å²) < 4.78 is 0. The van der Waals surface area contributed by atoms with Crippen LogP contribution in [-0.2, 0) is 4.79 Å². The van der Waals surface area contributed by atoms with Gasteiger partial charge in [0.25, 0.3) is 0 Å². The van der Waals surface area contributed by atoms with Gasteiger partial charge in [0.15, 0.2) is 0 Å². The van der Waals surface area contributed by atoms with Gasteiger partial charge in [0.1, 0.15) is 6.04 Å². The molecule has 0 fully saturated rings. The Hall–Kier alpha value is -1.52. The maximum atomic E-state index is 12.1. The van der Waals surface area contributed by atoms with Crippen LogP contribution in [0, 0.1) is 0 Å². The van der Waals surface area contributed by atoms with Crippen LogP contribution in [0.1, 0.15) is 40.5 Å². The number of rotatable bonds is 6. The van der Waals surface area contributed by atoms with Gasteiger partial charge in [0.05, 0.1) is 0 Å². The second-order valence-corrected chi connectivity index (χ2v) is 5.20. The monoisotopic (exact) mass is 256 g/mol. The lowest BCUT2D eigenvalue weighted by Crippen LogP contribution is -2.54. The summed E-state index contributed by atoms with van der Waals surface area (Å²) in [5, 5.41) is 11.6. The summed E-state index contributed by atoms with van der Waals surface area (Å²) in [5.74, 6) is -1.00. The van der Waals surface area contributed by atoms with Crippen LogP contribution in [0.2, 0.25) is 0 Å². The van der Waals surface area contributed by atoms with Crippen molar-refractivity contribution >= 4 is 12.0 Å². The van der Waals surface area contributed by atoms with Gasteiger partial charge in [-0.05, 0) is 27.2 Å². The van der Waals surface area contributed by atoms with Crippen molar-refractivity contribution < 1.29 is 14.7 Å². The number of nitrogens with one attached hydrogen (secondary N) is 1. The fourth-order valence-electron chi connectivity index (χ4n) is 1.56. The van der Waals surface area contributed by atoms with E-state index in [9.17, 15) is 9.59 Å². The smallest absolute Gasteiger partial charge is 0.326 e. The van der Waals surface area contributed by atoms with Gasteiger partial charge in [-0.1, -0.05) is 19.4 Å². The Morgan fingerprint density at radius 3 is 2.33 bits per heavy atom. The molecule has 0 unspecified atom stereocenters. The molecule has 18 heavy (non-hydrogen) atoms. The largest absolute Gasteiger partial charge is 0.480 e. The number of carbonyl (C=O) groups is 2. The van der Waals surface area contributed by atoms with Crippen molar-refractivity contribution in [2.75, 3.05) is 6.54 Å². The highest BCUT2D eigenvalue weighted by Gasteiger charge is 2.28. The third-order valence-electron chi connectivity index (χ3n) is 2.54. The summed E-state index contributed by atoms with van der Waals surface area (Å²) in [4.78, 5) is 24.6. The summed E-state index contributed by atoms with van der Waals surface area (Å²) in [7, 11) is 0. The number of hydrogen-bond donors (Lipinski definition) is 2. The lowest BCUT2D eigenvalue weighted by atomic mass is 10.1. The second-order valence-electron chi connectivity index (χ2n) is 5.20. The average Bonchev–Trinajstić information content (AvgIpc) is 2.23. The molecule has 5 nitrogen and oxygen atoms in total. The van der Waals surface area contributed by atoms with Gasteiger partial charge in [-0.25, -0.2) is 9.59 Å². The van der Waals surface area contributed by atoms with E-state index in [0.29, 0.717) is 19.4 Å². The minimum Gasteiger partial charge on any atom is -0.480 e. The van der Waals surface area contributed by atoms with Gasteiger partial charge in [0, 0.05) is 12.1 Å². The van der Waals surface area contributed by atoms with E-state index in [1.54, 1.807) is 11.0 Å². The van der Waals surface area contributed by atoms with Crippen LogP contribution in [0.3, 0.4) is 0 Å². The van der Waals surface area contributed by atoms with Crippen molar-refractivity contribution in [2.24, 2.45) is 0 Å². The summed E-state index contributed by atoms with van der Waals surface area (Å²) in [5.41, 5.74) is -0.381. The van der Waals surface area contributed by atoms with Crippen LogP contribution in [-0.4, -0.2) is 40.1 Å². The molecule has 0 heterocycles. The third kappa shape index (κ3) is 5.21. The fraction of sp³-hybridized carbons (Fsp3) is 0.692. The molecule has 0 aromatic rings. The molecule has 0 aromatic carbocycles. The summed E-state index contributed by atoms with van der Waals surface area (Å²) in [6.45, 7) is 11.6. The molecule has 1 atom stereocenters. The average molecular weight is 256 g/mol. The van der Waals surface area contributed by atoms with E-state index in [2.05, 4.69) is 11.9 Å². The molecule has 2 amide bonds. The van der Waals surface area contributed by atoms with Crippen molar-refractivity contribution in [3.05, 3.63) is 12.7 Å².